The van der Waals surface area contributed by atoms with Crippen molar-refractivity contribution in [2.45, 2.75) is 26.1 Å². The minimum absolute atomic E-state index is 0.0643. The molecule has 2 rings (SSSR count). The van der Waals surface area contributed by atoms with Crippen LogP contribution in [0.25, 0.3) is 0 Å². The Balaban J connectivity index is 2.02. The standard InChI is InChI=1S/C16H19F3N2O3/c1-11(15(23)21-9-7-20(8-10-21)12(2)22)24-14-6-4-3-5-13(14)16(17,18)19/h3-6,11H,7-10H2,1-2H3/t11-/m0/s1. The molecule has 0 unspecified atom stereocenters. The first-order valence-corrected chi connectivity index (χ1v) is 7.57. The number of piperazine rings is 1. The molecule has 1 aliphatic heterocycles. The van der Waals surface area contributed by atoms with Gasteiger partial charge in [0.25, 0.3) is 5.91 Å². The number of carbonyl (C=O) groups is 2. The number of benzene rings is 1. The van der Waals surface area contributed by atoms with Gasteiger partial charge in [-0.2, -0.15) is 13.2 Å². The van der Waals surface area contributed by atoms with Crippen LogP contribution in [0.2, 0.25) is 0 Å². The van der Waals surface area contributed by atoms with E-state index in [1.807, 2.05) is 0 Å². The Kier molecular flexibility index (Phi) is 5.36. The molecule has 8 heteroatoms. The van der Waals surface area contributed by atoms with Gasteiger partial charge in [0.1, 0.15) is 5.75 Å². The van der Waals surface area contributed by atoms with E-state index in [9.17, 15) is 22.8 Å². The molecule has 0 radical (unpaired) electrons. The number of halogens is 3. The number of hydrogen-bond acceptors (Lipinski definition) is 3. The molecule has 1 fully saturated rings. The maximum atomic E-state index is 13.0. The van der Waals surface area contributed by atoms with Crippen LogP contribution in [0.4, 0.5) is 13.2 Å². The van der Waals surface area contributed by atoms with Gasteiger partial charge >= 0.3 is 6.18 Å². The van der Waals surface area contributed by atoms with Gasteiger partial charge in [0, 0.05) is 33.1 Å². The summed E-state index contributed by atoms with van der Waals surface area (Å²) in [6, 6.07) is 4.80. The minimum atomic E-state index is -4.55. The molecule has 1 aromatic carbocycles. The number of carbonyl (C=O) groups excluding carboxylic acids is 2. The second-order valence-corrected chi connectivity index (χ2v) is 5.59. The second kappa shape index (κ2) is 7.11. The zero-order chi connectivity index (χ0) is 17.9. The topological polar surface area (TPSA) is 49.9 Å². The number of nitrogens with zero attached hydrogens (tertiary/aromatic N) is 2. The summed E-state index contributed by atoms with van der Waals surface area (Å²) >= 11 is 0. The molecule has 1 aromatic rings. The van der Waals surface area contributed by atoms with Gasteiger partial charge in [0.2, 0.25) is 5.91 Å². The zero-order valence-electron chi connectivity index (χ0n) is 13.5. The van der Waals surface area contributed by atoms with E-state index in [2.05, 4.69) is 0 Å². The van der Waals surface area contributed by atoms with E-state index in [0.29, 0.717) is 26.2 Å². The van der Waals surface area contributed by atoms with E-state index in [0.717, 1.165) is 6.07 Å². The Bertz CT molecular complexity index is 611. The molecular formula is C16H19F3N2O3. The first-order chi connectivity index (χ1) is 11.2. The highest BCUT2D eigenvalue weighted by Gasteiger charge is 2.35. The molecule has 1 saturated heterocycles. The first kappa shape index (κ1) is 18.1. The van der Waals surface area contributed by atoms with Crippen LogP contribution in [-0.2, 0) is 15.8 Å². The average Bonchev–Trinajstić information content (AvgIpc) is 2.53. The third-order valence-corrected chi connectivity index (χ3v) is 3.88. The summed E-state index contributed by atoms with van der Waals surface area (Å²) in [6.07, 6.45) is -5.59. The van der Waals surface area contributed by atoms with Gasteiger partial charge < -0.3 is 14.5 Å². The zero-order valence-corrected chi connectivity index (χ0v) is 13.5. The van der Waals surface area contributed by atoms with Crippen molar-refractivity contribution >= 4 is 11.8 Å². The maximum absolute atomic E-state index is 13.0. The van der Waals surface area contributed by atoms with Crippen molar-refractivity contribution in [3.63, 3.8) is 0 Å². The number of alkyl halides is 3. The summed E-state index contributed by atoms with van der Waals surface area (Å²) in [5.74, 6) is -0.825. The normalized spacial score (nSPS) is 16.7. The summed E-state index contributed by atoms with van der Waals surface area (Å²) in [5.41, 5.74) is -0.911. The molecule has 0 saturated carbocycles. The highest BCUT2D eigenvalue weighted by atomic mass is 19.4. The molecule has 5 nitrogen and oxygen atoms in total. The summed E-state index contributed by atoms with van der Waals surface area (Å²) in [5, 5.41) is 0. The van der Waals surface area contributed by atoms with Gasteiger partial charge in [-0.05, 0) is 19.1 Å². The quantitative estimate of drug-likeness (QED) is 0.844. The fraction of sp³-hybridized carbons (Fsp3) is 0.500. The van der Waals surface area contributed by atoms with E-state index in [1.165, 1.54) is 36.9 Å². The molecule has 0 aliphatic carbocycles. The third kappa shape index (κ3) is 4.18. The predicted octanol–water partition coefficient (Wildman–Crippen LogP) is 2.16. The van der Waals surface area contributed by atoms with Crippen molar-refractivity contribution in [3.05, 3.63) is 29.8 Å². The Labute approximate surface area is 138 Å². The van der Waals surface area contributed by atoms with Gasteiger partial charge in [-0.25, -0.2) is 0 Å². The summed E-state index contributed by atoms with van der Waals surface area (Å²) in [4.78, 5) is 26.7. The van der Waals surface area contributed by atoms with Gasteiger partial charge in [-0.15, -0.1) is 0 Å². The maximum Gasteiger partial charge on any atom is 0.419 e. The van der Waals surface area contributed by atoms with Gasteiger partial charge in [-0.3, -0.25) is 9.59 Å². The van der Waals surface area contributed by atoms with Crippen molar-refractivity contribution in [2.75, 3.05) is 26.2 Å². The third-order valence-electron chi connectivity index (χ3n) is 3.88. The molecular weight excluding hydrogens is 325 g/mol. The second-order valence-electron chi connectivity index (χ2n) is 5.59. The molecule has 0 spiro atoms. The number of ether oxygens (including phenoxy) is 1. The van der Waals surface area contributed by atoms with Crippen molar-refractivity contribution in [1.29, 1.82) is 0 Å². The first-order valence-electron chi connectivity index (χ1n) is 7.57. The minimum Gasteiger partial charge on any atom is -0.480 e. The van der Waals surface area contributed by atoms with Gasteiger partial charge in [0.05, 0.1) is 5.56 Å². The van der Waals surface area contributed by atoms with Crippen LogP contribution in [0.5, 0.6) is 5.75 Å². The number of rotatable bonds is 3. The van der Waals surface area contributed by atoms with E-state index in [4.69, 9.17) is 4.74 Å². The largest absolute Gasteiger partial charge is 0.480 e. The van der Waals surface area contributed by atoms with Crippen molar-refractivity contribution < 1.29 is 27.5 Å². The lowest BCUT2D eigenvalue weighted by molar-refractivity contribution is -0.145. The molecule has 1 heterocycles. The van der Waals surface area contributed by atoms with Crippen LogP contribution >= 0.6 is 0 Å². The van der Waals surface area contributed by atoms with Gasteiger partial charge in [-0.1, -0.05) is 12.1 Å². The Morgan fingerprint density at radius 2 is 1.62 bits per heavy atom. The molecule has 1 aliphatic rings. The molecule has 0 N–H and O–H groups in total. The van der Waals surface area contributed by atoms with Crippen LogP contribution in [0.15, 0.2) is 24.3 Å². The molecule has 0 bridgehead atoms. The Morgan fingerprint density at radius 3 is 2.17 bits per heavy atom. The monoisotopic (exact) mass is 344 g/mol. The highest BCUT2D eigenvalue weighted by Crippen LogP contribution is 2.36. The molecule has 24 heavy (non-hydrogen) atoms. The van der Waals surface area contributed by atoms with Gasteiger partial charge in [0.15, 0.2) is 6.10 Å². The SMILES string of the molecule is CC(=O)N1CCN(C(=O)[C@H](C)Oc2ccccc2C(F)(F)F)CC1. The molecule has 1 atom stereocenters. The fourth-order valence-electron chi connectivity index (χ4n) is 2.54. The number of hydrogen-bond donors (Lipinski definition) is 0. The predicted molar refractivity (Wildman–Crippen MR) is 80.4 cm³/mol. The Hall–Kier alpha value is -2.25. The van der Waals surface area contributed by atoms with Crippen molar-refractivity contribution in [2.24, 2.45) is 0 Å². The molecule has 2 amide bonds. The lowest BCUT2D eigenvalue weighted by Crippen LogP contribution is -2.52. The summed E-state index contributed by atoms with van der Waals surface area (Å²) in [7, 11) is 0. The van der Waals surface area contributed by atoms with E-state index >= 15 is 0 Å². The van der Waals surface area contributed by atoms with Crippen LogP contribution < -0.4 is 4.74 Å². The van der Waals surface area contributed by atoms with E-state index < -0.39 is 23.8 Å². The summed E-state index contributed by atoms with van der Waals surface area (Å²) < 4.78 is 44.2. The molecule has 0 aromatic heterocycles. The lowest BCUT2D eigenvalue weighted by Gasteiger charge is -2.35. The Morgan fingerprint density at radius 1 is 1.08 bits per heavy atom. The van der Waals surface area contributed by atoms with Crippen molar-refractivity contribution in [1.82, 2.24) is 9.80 Å². The van der Waals surface area contributed by atoms with Crippen LogP contribution in [0.3, 0.4) is 0 Å². The smallest absolute Gasteiger partial charge is 0.419 e. The average molecular weight is 344 g/mol. The number of para-hydroxylation sites is 1. The van der Waals surface area contributed by atoms with E-state index in [1.54, 1.807) is 4.90 Å². The fourth-order valence-corrected chi connectivity index (χ4v) is 2.54. The van der Waals surface area contributed by atoms with Crippen LogP contribution in [0.1, 0.15) is 19.4 Å². The van der Waals surface area contributed by atoms with Crippen molar-refractivity contribution in [3.8, 4) is 5.75 Å². The highest BCUT2D eigenvalue weighted by molar-refractivity contribution is 5.81. The summed E-state index contributed by atoms with van der Waals surface area (Å²) in [6.45, 7) is 4.38. The lowest BCUT2D eigenvalue weighted by atomic mass is 10.2. The number of amides is 2. The van der Waals surface area contributed by atoms with E-state index in [-0.39, 0.29) is 11.7 Å². The van der Waals surface area contributed by atoms with Crippen LogP contribution in [-0.4, -0.2) is 53.9 Å². The van der Waals surface area contributed by atoms with Crippen LogP contribution in [0, 0.1) is 0 Å². The molecule has 132 valence electrons.